The van der Waals surface area contributed by atoms with Crippen LogP contribution in [0.3, 0.4) is 0 Å². The fourth-order valence-corrected chi connectivity index (χ4v) is 4.02. The Bertz CT molecular complexity index is 1150. The zero-order valence-corrected chi connectivity index (χ0v) is 19.5. The van der Waals surface area contributed by atoms with Gasteiger partial charge in [-0.2, -0.15) is 0 Å². The minimum atomic E-state index is -0.459. The first-order valence-corrected chi connectivity index (χ1v) is 11.8. The molecule has 8 nitrogen and oxygen atoms in total. The van der Waals surface area contributed by atoms with E-state index in [9.17, 15) is 14.9 Å². The molecule has 0 unspecified atom stereocenters. The highest BCUT2D eigenvalue weighted by Gasteiger charge is 2.25. The predicted molar refractivity (Wildman–Crippen MR) is 125 cm³/mol. The summed E-state index contributed by atoms with van der Waals surface area (Å²) >= 11 is 4.62. The van der Waals surface area contributed by atoms with Gasteiger partial charge in [0.2, 0.25) is 5.88 Å². The van der Waals surface area contributed by atoms with Gasteiger partial charge in [-0.3, -0.25) is 14.9 Å². The number of anilines is 1. The monoisotopic (exact) mass is 514 g/mol. The number of hydrogen-bond donors (Lipinski definition) is 0. The van der Waals surface area contributed by atoms with Crippen molar-refractivity contribution < 1.29 is 14.5 Å². The lowest BCUT2D eigenvalue weighted by Crippen LogP contribution is -2.31. The van der Waals surface area contributed by atoms with Crippen LogP contribution in [0, 0.1) is 10.1 Å². The second-order valence-electron chi connectivity index (χ2n) is 7.17. The van der Waals surface area contributed by atoms with E-state index in [1.54, 1.807) is 41.4 Å². The summed E-state index contributed by atoms with van der Waals surface area (Å²) in [5, 5.41) is 12.0. The van der Waals surface area contributed by atoms with Crippen molar-refractivity contribution in [1.82, 2.24) is 9.97 Å². The highest BCUT2D eigenvalue weighted by molar-refractivity contribution is 9.10. The van der Waals surface area contributed by atoms with Crippen molar-refractivity contribution in [3.05, 3.63) is 80.6 Å². The zero-order chi connectivity index (χ0) is 22.7. The Morgan fingerprint density at radius 2 is 2.09 bits per heavy atom. The fourth-order valence-electron chi connectivity index (χ4n) is 3.08. The standard InChI is InChI=1S/C22H19BrN4O4S/c1-32-21-18(3-2-10-24-21)26(13-14-4-8-17(23)19(11-14)27(29)30)22(28)15-5-9-20(25-12-15)31-16-6-7-16/h2-5,8-12,16H,6-7,13H2,1H3. The average Bonchev–Trinajstić information content (AvgIpc) is 3.62. The van der Waals surface area contributed by atoms with E-state index in [2.05, 4.69) is 25.9 Å². The third-order valence-electron chi connectivity index (χ3n) is 4.82. The summed E-state index contributed by atoms with van der Waals surface area (Å²) in [4.78, 5) is 34.6. The summed E-state index contributed by atoms with van der Waals surface area (Å²) in [5.74, 6) is 0.203. The Morgan fingerprint density at radius 1 is 1.28 bits per heavy atom. The molecular formula is C22H19BrN4O4S. The van der Waals surface area contributed by atoms with Gasteiger partial charge >= 0.3 is 0 Å². The summed E-state index contributed by atoms with van der Waals surface area (Å²) in [6, 6.07) is 11.8. The molecule has 1 saturated carbocycles. The number of amides is 1. The highest BCUT2D eigenvalue weighted by atomic mass is 79.9. The first-order valence-electron chi connectivity index (χ1n) is 9.82. The molecule has 0 atom stereocenters. The molecule has 0 bridgehead atoms. The van der Waals surface area contributed by atoms with Gasteiger partial charge in [-0.1, -0.05) is 6.07 Å². The van der Waals surface area contributed by atoms with Crippen LogP contribution in [-0.2, 0) is 6.54 Å². The predicted octanol–water partition coefficient (Wildman–Crippen LogP) is 5.26. The zero-order valence-electron chi connectivity index (χ0n) is 17.1. The molecule has 1 aromatic carbocycles. The first-order chi connectivity index (χ1) is 15.5. The molecule has 0 saturated heterocycles. The third-order valence-corrected chi connectivity index (χ3v) is 6.20. The second-order valence-corrected chi connectivity index (χ2v) is 8.82. The molecule has 1 aliphatic carbocycles. The van der Waals surface area contributed by atoms with Crippen molar-refractivity contribution in [3.63, 3.8) is 0 Å². The van der Waals surface area contributed by atoms with E-state index in [0.717, 1.165) is 12.8 Å². The molecule has 1 amide bonds. The lowest BCUT2D eigenvalue weighted by molar-refractivity contribution is -0.385. The molecule has 2 heterocycles. The van der Waals surface area contributed by atoms with E-state index in [-0.39, 0.29) is 24.2 Å². The van der Waals surface area contributed by atoms with E-state index >= 15 is 0 Å². The Labute approximate surface area is 197 Å². The number of pyridine rings is 2. The average molecular weight is 515 g/mol. The van der Waals surface area contributed by atoms with Gasteiger partial charge in [-0.25, -0.2) is 9.97 Å². The van der Waals surface area contributed by atoms with Gasteiger partial charge in [0.05, 0.1) is 27.2 Å². The summed E-state index contributed by atoms with van der Waals surface area (Å²) in [6.07, 6.45) is 7.29. The van der Waals surface area contributed by atoms with E-state index in [0.29, 0.717) is 32.2 Å². The van der Waals surface area contributed by atoms with Crippen LogP contribution in [0.5, 0.6) is 5.88 Å². The molecule has 1 aliphatic rings. The van der Waals surface area contributed by atoms with E-state index < -0.39 is 4.92 Å². The number of hydrogen-bond acceptors (Lipinski definition) is 7. The number of carbonyl (C=O) groups excluding carboxylic acids is 1. The van der Waals surface area contributed by atoms with Crippen molar-refractivity contribution in [1.29, 1.82) is 0 Å². The third kappa shape index (κ3) is 5.08. The van der Waals surface area contributed by atoms with Crippen LogP contribution >= 0.6 is 27.7 Å². The molecule has 1 fully saturated rings. The number of carbonyl (C=O) groups is 1. The maximum Gasteiger partial charge on any atom is 0.283 e. The number of nitro benzene ring substituents is 1. The summed E-state index contributed by atoms with van der Waals surface area (Å²) in [5.41, 5.74) is 1.56. The highest BCUT2D eigenvalue weighted by Crippen LogP contribution is 2.31. The van der Waals surface area contributed by atoms with Crippen LogP contribution in [0.4, 0.5) is 11.4 Å². The number of thioether (sulfide) groups is 1. The Balaban J connectivity index is 1.68. The molecule has 2 aromatic heterocycles. The van der Waals surface area contributed by atoms with Crippen molar-refractivity contribution in [2.75, 3.05) is 11.2 Å². The lowest BCUT2D eigenvalue weighted by atomic mass is 10.1. The minimum absolute atomic E-state index is 0.0607. The summed E-state index contributed by atoms with van der Waals surface area (Å²) < 4.78 is 6.05. The maximum absolute atomic E-state index is 13.5. The van der Waals surface area contributed by atoms with E-state index in [1.807, 2.05) is 12.3 Å². The topological polar surface area (TPSA) is 98.5 Å². The van der Waals surface area contributed by atoms with Gasteiger partial charge in [0, 0.05) is 24.5 Å². The van der Waals surface area contributed by atoms with E-state index in [4.69, 9.17) is 4.74 Å². The minimum Gasteiger partial charge on any atom is -0.474 e. The van der Waals surface area contributed by atoms with E-state index in [1.165, 1.54) is 24.0 Å². The number of halogens is 1. The maximum atomic E-state index is 13.5. The number of benzene rings is 1. The Kier molecular flexibility index (Phi) is 6.71. The number of nitrogens with zero attached hydrogens (tertiary/aromatic N) is 4. The number of nitro groups is 1. The van der Waals surface area contributed by atoms with Crippen LogP contribution < -0.4 is 9.64 Å². The SMILES string of the molecule is CSc1ncccc1N(Cc1ccc(Br)c([N+](=O)[O-])c1)C(=O)c1ccc(OC2CC2)nc1. The summed E-state index contributed by atoms with van der Waals surface area (Å²) in [7, 11) is 0. The molecule has 0 radical (unpaired) electrons. The number of aromatic nitrogens is 2. The van der Waals surface area contributed by atoms with Crippen molar-refractivity contribution in [3.8, 4) is 5.88 Å². The van der Waals surface area contributed by atoms with Gasteiger partial charge in [0.1, 0.15) is 11.1 Å². The largest absolute Gasteiger partial charge is 0.474 e. The Morgan fingerprint density at radius 3 is 2.75 bits per heavy atom. The van der Waals surface area contributed by atoms with Crippen LogP contribution in [-0.4, -0.2) is 33.2 Å². The molecular weight excluding hydrogens is 496 g/mol. The molecule has 10 heteroatoms. The van der Waals surface area contributed by atoms with Crippen LogP contribution in [0.25, 0.3) is 0 Å². The molecule has 3 aromatic rings. The van der Waals surface area contributed by atoms with Crippen LogP contribution in [0.2, 0.25) is 0 Å². The quantitative estimate of drug-likeness (QED) is 0.229. The van der Waals surface area contributed by atoms with Crippen LogP contribution in [0.15, 0.2) is 64.4 Å². The lowest BCUT2D eigenvalue weighted by Gasteiger charge is -2.24. The first kappa shape index (κ1) is 22.2. The van der Waals surface area contributed by atoms with Crippen molar-refractivity contribution in [2.24, 2.45) is 0 Å². The van der Waals surface area contributed by atoms with Gasteiger partial charge in [-0.05, 0) is 64.9 Å². The van der Waals surface area contributed by atoms with Gasteiger partial charge in [0.15, 0.2) is 0 Å². The molecule has 4 rings (SSSR count). The summed E-state index contributed by atoms with van der Waals surface area (Å²) in [6.45, 7) is 0.131. The molecule has 0 N–H and O–H groups in total. The number of ether oxygens (including phenoxy) is 1. The normalized spacial score (nSPS) is 12.9. The fraction of sp³-hybridized carbons (Fsp3) is 0.227. The Hall–Kier alpha value is -2.98. The van der Waals surface area contributed by atoms with Crippen molar-refractivity contribution >= 4 is 45.0 Å². The molecule has 0 spiro atoms. The van der Waals surface area contributed by atoms with Gasteiger partial charge in [-0.15, -0.1) is 11.8 Å². The molecule has 32 heavy (non-hydrogen) atoms. The molecule has 0 aliphatic heterocycles. The second kappa shape index (κ2) is 9.66. The van der Waals surface area contributed by atoms with Crippen LogP contribution in [0.1, 0.15) is 28.8 Å². The number of rotatable bonds is 8. The smallest absolute Gasteiger partial charge is 0.283 e. The van der Waals surface area contributed by atoms with Gasteiger partial charge in [0.25, 0.3) is 11.6 Å². The van der Waals surface area contributed by atoms with Crippen molar-refractivity contribution in [2.45, 2.75) is 30.5 Å². The van der Waals surface area contributed by atoms with Gasteiger partial charge < -0.3 is 9.64 Å². The molecule has 164 valence electrons.